The molecule has 2 N–H and O–H groups in total. The molecule has 3 nitrogen and oxygen atoms in total. The van der Waals surface area contributed by atoms with E-state index in [0.29, 0.717) is 12.8 Å². The summed E-state index contributed by atoms with van der Waals surface area (Å²) in [5.74, 6) is 0. The Hall–Kier alpha value is -1.10. The van der Waals surface area contributed by atoms with Crippen LogP contribution < -0.4 is 0 Å². The molecule has 0 aliphatic rings. The van der Waals surface area contributed by atoms with Crippen LogP contribution in [0.15, 0.2) is 18.2 Å². The van der Waals surface area contributed by atoms with Crippen LogP contribution in [0.4, 0.5) is 26.3 Å². The van der Waals surface area contributed by atoms with Gasteiger partial charge in [-0.1, -0.05) is 19.3 Å². The van der Waals surface area contributed by atoms with Crippen LogP contribution in [0.2, 0.25) is 6.04 Å². The fourth-order valence-electron chi connectivity index (χ4n) is 2.31. The predicted octanol–water partition coefficient (Wildman–Crippen LogP) is 3.61. The van der Waals surface area contributed by atoms with E-state index < -0.39 is 39.7 Å². The van der Waals surface area contributed by atoms with Gasteiger partial charge in [0.15, 0.2) is 9.76 Å². The first-order chi connectivity index (χ1) is 11.5. The molecule has 0 spiro atoms. The van der Waals surface area contributed by atoms with Crippen LogP contribution in [-0.4, -0.2) is 26.5 Å². The number of hydrogen-bond acceptors (Lipinski definition) is 3. The van der Waals surface area contributed by atoms with Gasteiger partial charge in [0.1, 0.15) is 0 Å². The molecule has 0 amide bonds. The predicted molar refractivity (Wildman–Crippen MR) is 81.3 cm³/mol. The highest BCUT2D eigenvalue weighted by Gasteiger charge is 2.36. The Labute approximate surface area is 143 Å². The maximum Gasteiger partial charge on any atom is 0.416 e. The number of aryl methyl sites for hydroxylation is 1. The second-order valence-corrected chi connectivity index (χ2v) is 7.08. The van der Waals surface area contributed by atoms with Crippen molar-refractivity contribution in [1.82, 2.24) is 0 Å². The van der Waals surface area contributed by atoms with E-state index in [1.54, 1.807) is 0 Å². The van der Waals surface area contributed by atoms with Gasteiger partial charge in [0.05, 0.1) is 11.1 Å². The minimum atomic E-state index is -4.82. The van der Waals surface area contributed by atoms with Crippen LogP contribution in [0.5, 0.6) is 0 Å². The van der Waals surface area contributed by atoms with Gasteiger partial charge in [-0.25, -0.2) is 0 Å². The molecule has 0 saturated carbocycles. The number of aliphatic hydroxyl groups excluding tert-OH is 1. The Morgan fingerprint density at radius 3 is 1.84 bits per heavy atom. The molecular formula is C15H20F6O3Si. The van der Waals surface area contributed by atoms with Crippen LogP contribution >= 0.6 is 0 Å². The average Bonchev–Trinajstić information content (AvgIpc) is 2.47. The summed E-state index contributed by atoms with van der Waals surface area (Å²) in [7, 11) is -1.01. The molecule has 0 heterocycles. The van der Waals surface area contributed by atoms with Crippen molar-refractivity contribution >= 4 is 9.76 Å². The summed E-state index contributed by atoms with van der Waals surface area (Å²) >= 11 is 0. The number of benzene rings is 1. The van der Waals surface area contributed by atoms with E-state index in [-0.39, 0.29) is 18.1 Å². The van der Waals surface area contributed by atoms with Crippen LogP contribution in [0.3, 0.4) is 0 Å². The molecule has 0 aliphatic carbocycles. The molecule has 1 rings (SSSR count). The molecule has 1 aromatic rings. The Kier molecular flexibility index (Phi) is 8.38. The van der Waals surface area contributed by atoms with E-state index in [1.807, 2.05) is 0 Å². The number of rotatable bonds is 9. The third-order valence-electron chi connectivity index (χ3n) is 3.52. The normalized spacial score (nSPS) is 13.3. The van der Waals surface area contributed by atoms with Gasteiger partial charge in [0.25, 0.3) is 6.48 Å². The second-order valence-electron chi connectivity index (χ2n) is 5.63. The largest absolute Gasteiger partial charge is 0.416 e. The fraction of sp³-hybridized carbons (Fsp3) is 0.600. The van der Waals surface area contributed by atoms with Gasteiger partial charge in [-0.2, -0.15) is 26.3 Å². The highest BCUT2D eigenvalue weighted by Crippen LogP contribution is 2.36. The molecular weight excluding hydrogens is 370 g/mol. The summed E-state index contributed by atoms with van der Waals surface area (Å²) in [5, 5.41) is 17.0. The molecule has 0 aromatic heterocycles. The summed E-state index contributed by atoms with van der Waals surface area (Å²) in [4.78, 5) is 0. The van der Waals surface area contributed by atoms with Crippen molar-refractivity contribution in [2.75, 3.05) is 0 Å². The minimum Gasteiger partial charge on any atom is -0.379 e. The average molecular weight is 390 g/mol. The summed E-state index contributed by atoms with van der Waals surface area (Å²) in [6, 6.07) is 2.38. The zero-order chi connectivity index (χ0) is 19.1. The van der Waals surface area contributed by atoms with Gasteiger partial charge in [-0.05, 0) is 42.6 Å². The number of aliphatic hydroxyl groups is 2. The molecule has 0 fully saturated rings. The zero-order valence-electron chi connectivity index (χ0n) is 13.3. The Morgan fingerprint density at radius 1 is 0.840 bits per heavy atom. The Morgan fingerprint density at radius 2 is 1.36 bits per heavy atom. The number of hydrogen-bond donors (Lipinski definition) is 2. The molecule has 0 unspecified atom stereocenters. The van der Waals surface area contributed by atoms with Gasteiger partial charge in [-0.15, -0.1) is 0 Å². The molecule has 1 aromatic carbocycles. The lowest BCUT2D eigenvalue weighted by Gasteiger charge is -2.14. The first kappa shape index (κ1) is 21.9. The molecule has 0 aliphatic heterocycles. The minimum absolute atomic E-state index is 0.0169. The smallest absolute Gasteiger partial charge is 0.379 e. The van der Waals surface area contributed by atoms with Gasteiger partial charge in [0.2, 0.25) is 0 Å². The van der Waals surface area contributed by atoms with Crippen molar-refractivity contribution in [3.8, 4) is 0 Å². The molecule has 144 valence electrons. The maximum absolute atomic E-state index is 12.7. The van der Waals surface area contributed by atoms with Crippen LogP contribution in [0.25, 0.3) is 0 Å². The number of alkyl halides is 6. The van der Waals surface area contributed by atoms with E-state index in [0.717, 1.165) is 31.0 Å². The Bertz CT molecular complexity index is 499. The topological polar surface area (TPSA) is 49.7 Å². The van der Waals surface area contributed by atoms with Gasteiger partial charge >= 0.3 is 12.4 Å². The number of halogens is 6. The van der Waals surface area contributed by atoms with E-state index in [4.69, 9.17) is 10.2 Å². The van der Waals surface area contributed by atoms with Gasteiger partial charge in [-0.3, -0.25) is 0 Å². The van der Waals surface area contributed by atoms with Crippen molar-refractivity contribution in [3.05, 3.63) is 34.9 Å². The lowest BCUT2D eigenvalue weighted by Crippen LogP contribution is -2.13. The van der Waals surface area contributed by atoms with Crippen molar-refractivity contribution in [1.29, 1.82) is 0 Å². The van der Waals surface area contributed by atoms with Crippen molar-refractivity contribution in [2.45, 2.75) is 57.0 Å². The third-order valence-corrected chi connectivity index (χ3v) is 4.85. The zero-order valence-corrected chi connectivity index (χ0v) is 14.7. The highest BCUT2D eigenvalue weighted by molar-refractivity contribution is 6.26. The Balaban J connectivity index is 2.52. The van der Waals surface area contributed by atoms with Crippen LogP contribution in [0, 0.1) is 0 Å². The first-order valence-corrected chi connectivity index (χ1v) is 9.34. The van der Waals surface area contributed by atoms with Gasteiger partial charge in [0, 0.05) is 0 Å². The molecule has 0 saturated heterocycles. The van der Waals surface area contributed by atoms with Crippen molar-refractivity contribution in [3.63, 3.8) is 0 Å². The molecule has 0 bridgehead atoms. The summed E-state index contributed by atoms with van der Waals surface area (Å²) in [6.07, 6.45) is -6.85. The monoisotopic (exact) mass is 390 g/mol. The molecule has 25 heavy (non-hydrogen) atoms. The standard InChI is InChI=1S/C15H20F6O3Si/c16-14(17,18)11-7-10(8-12(9-11)15(19,20)21)5-3-1-2-4-6-25-24-13(22)23/h7-9,13,22-23H,1-6,25H2. The highest BCUT2D eigenvalue weighted by atomic mass is 28.2. The van der Waals surface area contributed by atoms with E-state index in [1.165, 1.54) is 0 Å². The van der Waals surface area contributed by atoms with Crippen molar-refractivity contribution in [2.24, 2.45) is 0 Å². The maximum atomic E-state index is 12.7. The molecule has 10 heteroatoms. The summed E-state index contributed by atoms with van der Waals surface area (Å²) in [6.45, 7) is -1.75. The second kappa shape index (κ2) is 9.55. The number of unbranched alkanes of at least 4 members (excludes halogenated alkanes) is 3. The lowest BCUT2D eigenvalue weighted by atomic mass is 10.00. The quantitative estimate of drug-likeness (QED) is 0.293. The third kappa shape index (κ3) is 8.70. The summed E-state index contributed by atoms with van der Waals surface area (Å²) in [5.41, 5.74) is -2.56. The van der Waals surface area contributed by atoms with E-state index >= 15 is 0 Å². The first-order valence-electron chi connectivity index (χ1n) is 7.76. The SMILES string of the molecule is OC(O)O[SiH2]CCCCCCc1cc(C(F)(F)F)cc(C(F)(F)F)c1. The van der Waals surface area contributed by atoms with Crippen molar-refractivity contribution < 1.29 is 41.0 Å². The summed E-state index contributed by atoms with van der Waals surface area (Å²) < 4.78 is 81.1. The van der Waals surface area contributed by atoms with Crippen LogP contribution in [0.1, 0.15) is 42.4 Å². The van der Waals surface area contributed by atoms with Crippen LogP contribution in [-0.2, 0) is 23.2 Å². The lowest BCUT2D eigenvalue weighted by molar-refractivity contribution is -0.180. The van der Waals surface area contributed by atoms with E-state index in [2.05, 4.69) is 4.43 Å². The molecule has 0 atom stereocenters. The fourth-order valence-corrected chi connectivity index (χ4v) is 3.25. The molecule has 0 radical (unpaired) electrons. The van der Waals surface area contributed by atoms with E-state index in [9.17, 15) is 26.3 Å². The van der Waals surface area contributed by atoms with Gasteiger partial charge < -0.3 is 14.6 Å².